The van der Waals surface area contributed by atoms with E-state index in [2.05, 4.69) is 106 Å². The minimum atomic E-state index is -0.830. The highest BCUT2D eigenvalue weighted by Gasteiger charge is 2.19. The monoisotopic (exact) mass is 893 g/mol. The number of allylic oxidation sites excluding steroid dienone is 26. The molecule has 65 heavy (non-hydrogen) atoms. The fourth-order valence-corrected chi connectivity index (χ4v) is 6.00. The molecule has 0 saturated heterocycles. The molecule has 0 spiro atoms. The van der Waals surface area contributed by atoms with Crippen LogP contribution in [0.1, 0.15) is 175 Å². The van der Waals surface area contributed by atoms with Gasteiger partial charge in [0.15, 0.2) is 6.10 Å². The highest BCUT2D eigenvalue weighted by atomic mass is 16.6. The van der Waals surface area contributed by atoms with Crippen molar-refractivity contribution in [3.8, 4) is 0 Å². The fraction of sp³-hybridized carbons (Fsp3) is 0.508. The van der Waals surface area contributed by atoms with E-state index in [1.54, 1.807) is 0 Å². The number of carbonyl (C=O) groups excluding carboxylic acids is 3. The van der Waals surface area contributed by atoms with Crippen molar-refractivity contribution in [2.45, 2.75) is 181 Å². The van der Waals surface area contributed by atoms with Crippen molar-refractivity contribution in [3.05, 3.63) is 158 Å². The highest BCUT2D eigenvalue weighted by molar-refractivity contribution is 5.71. The van der Waals surface area contributed by atoms with E-state index in [4.69, 9.17) is 14.2 Å². The maximum atomic E-state index is 12.8. The van der Waals surface area contributed by atoms with Gasteiger partial charge in [0.25, 0.3) is 0 Å². The van der Waals surface area contributed by atoms with Crippen LogP contribution in [0.4, 0.5) is 0 Å². The summed E-state index contributed by atoms with van der Waals surface area (Å²) in [5, 5.41) is 0. The number of rotatable bonds is 42. The third-order valence-electron chi connectivity index (χ3n) is 9.70. The lowest BCUT2D eigenvalue weighted by molar-refractivity contribution is -0.167. The smallest absolute Gasteiger partial charge is 0.306 e. The molecule has 0 aromatic heterocycles. The average molecular weight is 893 g/mol. The average Bonchev–Trinajstić information content (AvgIpc) is 3.30. The molecule has 0 fully saturated rings. The Labute approximate surface area is 397 Å². The minimum Gasteiger partial charge on any atom is -0.462 e. The zero-order chi connectivity index (χ0) is 47.2. The Kier molecular flexibility index (Phi) is 47.7. The van der Waals surface area contributed by atoms with E-state index in [-0.39, 0.29) is 37.5 Å². The fourth-order valence-electron chi connectivity index (χ4n) is 6.00. The zero-order valence-corrected chi connectivity index (χ0v) is 40.9. The quantitative estimate of drug-likeness (QED) is 0.0200. The summed E-state index contributed by atoms with van der Waals surface area (Å²) in [6.45, 7) is 6.17. The van der Waals surface area contributed by atoms with Crippen molar-refractivity contribution in [2.75, 3.05) is 13.2 Å². The van der Waals surface area contributed by atoms with Crippen LogP contribution in [0.5, 0.6) is 0 Å². The second kappa shape index (κ2) is 51.7. The van der Waals surface area contributed by atoms with Gasteiger partial charge < -0.3 is 14.2 Å². The van der Waals surface area contributed by atoms with Gasteiger partial charge >= 0.3 is 17.9 Å². The van der Waals surface area contributed by atoms with Gasteiger partial charge in [-0.25, -0.2) is 0 Å². The molecule has 0 amide bonds. The molecule has 0 aromatic rings. The summed E-state index contributed by atoms with van der Waals surface area (Å²) in [6.07, 6.45) is 75.0. The summed E-state index contributed by atoms with van der Waals surface area (Å²) < 4.78 is 16.7. The van der Waals surface area contributed by atoms with Crippen molar-refractivity contribution in [1.82, 2.24) is 0 Å². The summed E-state index contributed by atoms with van der Waals surface area (Å²) in [6, 6.07) is 0. The summed E-state index contributed by atoms with van der Waals surface area (Å²) in [5.74, 6) is -1.04. The molecule has 0 aromatic carbocycles. The molecule has 0 aliphatic rings. The number of esters is 3. The molecule has 0 aliphatic carbocycles. The van der Waals surface area contributed by atoms with E-state index in [1.165, 1.54) is 6.42 Å². The van der Waals surface area contributed by atoms with E-state index < -0.39 is 6.10 Å². The second-order valence-corrected chi connectivity index (χ2v) is 15.8. The number of hydrogen-bond acceptors (Lipinski definition) is 6. The van der Waals surface area contributed by atoms with Crippen LogP contribution in [0.2, 0.25) is 0 Å². The lowest BCUT2D eigenvalue weighted by Gasteiger charge is -2.18. The van der Waals surface area contributed by atoms with Crippen molar-refractivity contribution < 1.29 is 28.6 Å². The summed E-state index contributed by atoms with van der Waals surface area (Å²) in [4.78, 5) is 38.0. The van der Waals surface area contributed by atoms with Gasteiger partial charge in [0.1, 0.15) is 13.2 Å². The molecule has 0 bridgehead atoms. The van der Waals surface area contributed by atoms with E-state index >= 15 is 0 Å². The SMILES string of the molecule is CC\C=C/C=C\C=C/C=C\CCCCCC(=O)OCC(COC(=O)CCCCCCC\C=C/C=C\C=C/C=C\C=C/CCC)OC(=O)CCCCC/C=C\C/C=C\C/C=C\C/C=C\CC. The van der Waals surface area contributed by atoms with Gasteiger partial charge in [0.2, 0.25) is 0 Å². The first-order valence-corrected chi connectivity index (χ1v) is 25.1. The van der Waals surface area contributed by atoms with Crippen LogP contribution in [0.25, 0.3) is 0 Å². The first-order valence-electron chi connectivity index (χ1n) is 25.1. The summed E-state index contributed by atoms with van der Waals surface area (Å²) in [7, 11) is 0. The standard InChI is InChI=1S/C59H88O6/c1-4-7-10-13-16-19-22-25-27-29-30-32-34-37-40-43-46-49-52-58(61)64-55-56(54-63-57(60)51-48-45-42-39-36-33-24-21-18-15-12-9-6-3)65-59(62)53-50-47-44-41-38-35-31-28-26-23-20-17-14-11-8-5-2/h8-13,15-22,24-30,32-33,35-36,38,56H,4-7,14,23,31,34,37,39-55H2,1-3H3/b11-8-,12-9-,13-10-,18-15-,19-16-,20-17-,24-21-,25-22-,28-26-,29-27-,32-30-,36-33-,38-35-. The maximum Gasteiger partial charge on any atom is 0.306 e. The van der Waals surface area contributed by atoms with Crippen molar-refractivity contribution >= 4 is 17.9 Å². The Balaban J connectivity index is 4.60. The number of ether oxygens (including phenoxy) is 3. The van der Waals surface area contributed by atoms with Gasteiger partial charge in [0, 0.05) is 19.3 Å². The van der Waals surface area contributed by atoms with Crippen LogP contribution in [0, 0.1) is 0 Å². The molecule has 360 valence electrons. The van der Waals surface area contributed by atoms with Gasteiger partial charge in [-0.1, -0.05) is 217 Å². The third-order valence-corrected chi connectivity index (χ3v) is 9.70. The van der Waals surface area contributed by atoms with E-state index in [9.17, 15) is 14.4 Å². The number of carbonyl (C=O) groups is 3. The molecule has 0 rings (SSSR count). The van der Waals surface area contributed by atoms with E-state index in [0.717, 1.165) is 122 Å². The summed E-state index contributed by atoms with van der Waals surface area (Å²) >= 11 is 0. The normalized spacial score (nSPS) is 13.5. The third kappa shape index (κ3) is 49.9. The largest absolute Gasteiger partial charge is 0.462 e. The van der Waals surface area contributed by atoms with Crippen LogP contribution >= 0.6 is 0 Å². The van der Waals surface area contributed by atoms with Crippen molar-refractivity contribution in [2.24, 2.45) is 0 Å². The Morgan fingerprint density at radius 3 is 1.14 bits per heavy atom. The van der Waals surface area contributed by atoms with E-state index in [0.29, 0.717) is 19.3 Å². The second-order valence-electron chi connectivity index (χ2n) is 15.8. The Bertz CT molecular complexity index is 1540. The number of hydrogen-bond donors (Lipinski definition) is 0. The predicted molar refractivity (Wildman–Crippen MR) is 278 cm³/mol. The van der Waals surface area contributed by atoms with E-state index in [1.807, 2.05) is 72.9 Å². The van der Waals surface area contributed by atoms with Crippen molar-refractivity contribution in [3.63, 3.8) is 0 Å². The van der Waals surface area contributed by atoms with Gasteiger partial charge in [-0.3, -0.25) is 14.4 Å². The van der Waals surface area contributed by atoms with Crippen LogP contribution in [-0.2, 0) is 28.6 Å². The first-order chi connectivity index (χ1) is 32.0. The Morgan fingerprint density at radius 1 is 0.338 bits per heavy atom. The number of unbranched alkanes of at least 4 members (excludes halogenated alkanes) is 12. The van der Waals surface area contributed by atoms with Crippen LogP contribution in [0.3, 0.4) is 0 Å². The molecule has 6 nitrogen and oxygen atoms in total. The summed E-state index contributed by atoms with van der Waals surface area (Å²) in [5.41, 5.74) is 0. The Morgan fingerprint density at radius 2 is 0.677 bits per heavy atom. The molecule has 0 heterocycles. The molecule has 0 saturated carbocycles. The lowest BCUT2D eigenvalue weighted by Crippen LogP contribution is -2.30. The van der Waals surface area contributed by atoms with Crippen molar-refractivity contribution in [1.29, 1.82) is 0 Å². The molecule has 1 unspecified atom stereocenters. The molecule has 0 N–H and O–H groups in total. The van der Waals surface area contributed by atoms with Gasteiger partial charge in [0.05, 0.1) is 0 Å². The zero-order valence-electron chi connectivity index (χ0n) is 40.9. The predicted octanol–water partition coefficient (Wildman–Crippen LogP) is 16.6. The molecular weight excluding hydrogens is 805 g/mol. The van der Waals surface area contributed by atoms with Crippen LogP contribution in [-0.4, -0.2) is 37.2 Å². The molecular formula is C59H88O6. The maximum absolute atomic E-state index is 12.8. The first kappa shape index (κ1) is 60.0. The molecule has 6 heteroatoms. The minimum absolute atomic E-state index is 0.126. The van der Waals surface area contributed by atoms with Crippen LogP contribution < -0.4 is 0 Å². The lowest BCUT2D eigenvalue weighted by atomic mass is 10.1. The topological polar surface area (TPSA) is 78.9 Å². The molecule has 1 atom stereocenters. The highest BCUT2D eigenvalue weighted by Crippen LogP contribution is 2.11. The van der Waals surface area contributed by atoms with Crippen LogP contribution in [0.15, 0.2) is 158 Å². The van der Waals surface area contributed by atoms with Gasteiger partial charge in [-0.05, 0) is 96.3 Å². The molecule has 0 radical (unpaired) electrons. The Hall–Kier alpha value is -4.97. The molecule has 0 aliphatic heterocycles. The van der Waals surface area contributed by atoms with Gasteiger partial charge in [-0.2, -0.15) is 0 Å². The van der Waals surface area contributed by atoms with Gasteiger partial charge in [-0.15, -0.1) is 0 Å².